The van der Waals surface area contributed by atoms with Crippen molar-refractivity contribution >= 4 is 23.9 Å². The molecule has 0 atom stereocenters. The normalized spacial score (nSPS) is 13.8. The predicted octanol–water partition coefficient (Wildman–Crippen LogP) is 4.61. The van der Waals surface area contributed by atoms with Crippen LogP contribution >= 0.6 is 0 Å². The molecule has 0 aliphatic carbocycles. The molecule has 2 heterocycles. The second-order valence-electron chi connectivity index (χ2n) is 7.85. The Morgan fingerprint density at radius 1 is 1.12 bits per heavy atom. The number of halogens is 1. The molecule has 0 saturated carbocycles. The Labute approximate surface area is 197 Å². The number of amides is 1. The van der Waals surface area contributed by atoms with E-state index in [9.17, 15) is 14.4 Å². The molecule has 8 heteroatoms. The summed E-state index contributed by atoms with van der Waals surface area (Å²) in [5, 5.41) is 9.50. The van der Waals surface area contributed by atoms with E-state index in [2.05, 4.69) is 11.1 Å². The SMILES string of the molecule is CCCOc1ccc(C(=O)N2CCN(c3oc(/C=C/c4ccc(F)cc4)nc3C#N)CC2)cc1. The van der Waals surface area contributed by atoms with Gasteiger partial charge in [-0.15, -0.1) is 0 Å². The minimum Gasteiger partial charge on any atom is -0.494 e. The fraction of sp³-hybridized carbons (Fsp3) is 0.269. The van der Waals surface area contributed by atoms with E-state index in [-0.39, 0.29) is 17.4 Å². The van der Waals surface area contributed by atoms with Gasteiger partial charge in [-0.25, -0.2) is 4.39 Å². The molecule has 0 unspecified atom stereocenters. The van der Waals surface area contributed by atoms with Crippen LogP contribution in [-0.4, -0.2) is 48.6 Å². The van der Waals surface area contributed by atoms with Crippen molar-refractivity contribution in [1.29, 1.82) is 5.26 Å². The van der Waals surface area contributed by atoms with Crippen LogP contribution in [0, 0.1) is 17.1 Å². The summed E-state index contributed by atoms with van der Waals surface area (Å²) in [4.78, 5) is 20.8. The zero-order valence-corrected chi connectivity index (χ0v) is 18.9. The minimum absolute atomic E-state index is 0.0392. The molecule has 4 rings (SSSR count). The van der Waals surface area contributed by atoms with Crippen LogP contribution in [-0.2, 0) is 0 Å². The van der Waals surface area contributed by atoms with E-state index in [1.807, 2.05) is 24.0 Å². The summed E-state index contributed by atoms with van der Waals surface area (Å²) in [5.74, 6) is 1.09. The molecule has 1 amide bonds. The molecule has 0 N–H and O–H groups in total. The monoisotopic (exact) mass is 460 g/mol. The highest BCUT2D eigenvalue weighted by Crippen LogP contribution is 2.25. The largest absolute Gasteiger partial charge is 0.494 e. The quantitative estimate of drug-likeness (QED) is 0.512. The van der Waals surface area contributed by atoms with Gasteiger partial charge in [-0.3, -0.25) is 4.79 Å². The number of benzene rings is 2. The second kappa shape index (κ2) is 10.7. The second-order valence-corrected chi connectivity index (χ2v) is 7.85. The Morgan fingerprint density at radius 2 is 1.82 bits per heavy atom. The lowest BCUT2D eigenvalue weighted by Gasteiger charge is -2.34. The number of carbonyl (C=O) groups excluding carboxylic acids is 1. The third-order valence-electron chi connectivity index (χ3n) is 5.45. The van der Waals surface area contributed by atoms with Crippen LogP contribution in [0.2, 0.25) is 0 Å². The molecule has 1 aliphatic rings. The molecule has 34 heavy (non-hydrogen) atoms. The number of anilines is 1. The predicted molar refractivity (Wildman–Crippen MR) is 127 cm³/mol. The van der Waals surface area contributed by atoms with Crippen LogP contribution in [0.25, 0.3) is 12.2 Å². The van der Waals surface area contributed by atoms with E-state index in [4.69, 9.17) is 9.15 Å². The number of aromatic nitrogens is 1. The molecule has 0 spiro atoms. The van der Waals surface area contributed by atoms with Crippen molar-refractivity contribution in [3.8, 4) is 11.8 Å². The Balaban J connectivity index is 1.38. The number of piperazine rings is 1. The zero-order chi connectivity index (χ0) is 23.9. The molecule has 0 radical (unpaired) electrons. The van der Waals surface area contributed by atoms with Gasteiger partial charge in [-0.05, 0) is 54.5 Å². The maximum Gasteiger partial charge on any atom is 0.253 e. The van der Waals surface area contributed by atoms with Gasteiger partial charge in [0, 0.05) is 37.8 Å². The number of nitrogens with zero attached hydrogens (tertiary/aromatic N) is 4. The average molecular weight is 461 g/mol. The lowest BCUT2D eigenvalue weighted by Crippen LogP contribution is -2.48. The van der Waals surface area contributed by atoms with Crippen molar-refractivity contribution in [2.45, 2.75) is 13.3 Å². The zero-order valence-electron chi connectivity index (χ0n) is 18.9. The number of hydrogen-bond acceptors (Lipinski definition) is 6. The molecule has 0 bridgehead atoms. The van der Waals surface area contributed by atoms with Crippen molar-refractivity contribution in [2.24, 2.45) is 0 Å². The smallest absolute Gasteiger partial charge is 0.253 e. The van der Waals surface area contributed by atoms with Crippen LogP contribution in [0.3, 0.4) is 0 Å². The first-order chi connectivity index (χ1) is 16.6. The number of carbonyl (C=O) groups is 1. The van der Waals surface area contributed by atoms with Gasteiger partial charge in [0.15, 0.2) is 0 Å². The molecule has 1 saturated heterocycles. The summed E-state index contributed by atoms with van der Waals surface area (Å²) in [6, 6.07) is 15.3. The summed E-state index contributed by atoms with van der Waals surface area (Å²) in [6.45, 7) is 4.73. The van der Waals surface area contributed by atoms with E-state index in [0.717, 1.165) is 17.7 Å². The first-order valence-electron chi connectivity index (χ1n) is 11.2. The number of nitriles is 1. The Bertz CT molecular complexity index is 1190. The van der Waals surface area contributed by atoms with Gasteiger partial charge < -0.3 is 19.0 Å². The van der Waals surface area contributed by atoms with Gasteiger partial charge >= 0.3 is 0 Å². The van der Waals surface area contributed by atoms with Gasteiger partial charge in [0.25, 0.3) is 5.91 Å². The standard InChI is InChI=1S/C26H25FN4O3/c1-2-17-33-22-10-6-20(7-11-22)25(32)30-13-15-31(16-14-30)26-23(18-28)29-24(34-26)12-5-19-3-8-21(27)9-4-19/h3-12H,2,13-17H2,1H3/b12-5+. The topological polar surface area (TPSA) is 82.6 Å². The molecule has 174 valence electrons. The van der Waals surface area contributed by atoms with E-state index < -0.39 is 0 Å². The van der Waals surface area contributed by atoms with Crippen LogP contribution in [0.15, 0.2) is 52.9 Å². The summed E-state index contributed by atoms with van der Waals surface area (Å²) in [6.07, 6.45) is 4.31. The summed E-state index contributed by atoms with van der Waals surface area (Å²) >= 11 is 0. The van der Waals surface area contributed by atoms with E-state index in [1.54, 1.807) is 41.3 Å². The summed E-state index contributed by atoms with van der Waals surface area (Å²) in [7, 11) is 0. The molecule has 2 aromatic carbocycles. The maximum absolute atomic E-state index is 13.1. The van der Waals surface area contributed by atoms with Gasteiger partial charge in [0.05, 0.1) is 6.61 Å². The lowest BCUT2D eigenvalue weighted by molar-refractivity contribution is 0.0745. The first kappa shape index (κ1) is 23.1. The fourth-order valence-corrected chi connectivity index (χ4v) is 3.64. The Kier molecular flexibility index (Phi) is 7.23. The Hall–Kier alpha value is -4.12. The number of hydrogen-bond donors (Lipinski definition) is 0. The average Bonchev–Trinajstić information content (AvgIpc) is 3.30. The van der Waals surface area contributed by atoms with Crippen molar-refractivity contribution in [3.63, 3.8) is 0 Å². The van der Waals surface area contributed by atoms with E-state index >= 15 is 0 Å². The molecule has 1 fully saturated rings. The van der Waals surface area contributed by atoms with Gasteiger partial charge in [0.1, 0.15) is 17.6 Å². The molecule has 1 aliphatic heterocycles. The minimum atomic E-state index is -0.307. The summed E-state index contributed by atoms with van der Waals surface area (Å²) < 4.78 is 24.5. The van der Waals surface area contributed by atoms with Crippen LogP contribution in [0.4, 0.5) is 10.3 Å². The van der Waals surface area contributed by atoms with E-state index in [0.29, 0.717) is 50.1 Å². The van der Waals surface area contributed by atoms with Crippen LogP contribution in [0.1, 0.15) is 40.9 Å². The number of rotatable bonds is 7. The maximum atomic E-state index is 13.1. The highest BCUT2D eigenvalue weighted by Gasteiger charge is 2.26. The Morgan fingerprint density at radius 3 is 2.47 bits per heavy atom. The van der Waals surface area contributed by atoms with Crippen molar-refractivity contribution in [3.05, 3.63) is 77.1 Å². The van der Waals surface area contributed by atoms with Gasteiger partial charge in [-0.2, -0.15) is 10.2 Å². The van der Waals surface area contributed by atoms with Gasteiger partial charge in [-0.1, -0.05) is 19.1 Å². The molecule has 1 aromatic heterocycles. The van der Waals surface area contributed by atoms with Crippen LogP contribution in [0.5, 0.6) is 5.75 Å². The lowest BCUT2D eigenvalue weighted by atomic mass is 10.1. The number of ether oxygens (including phenoxy) is 1. The molecular formula is C26H25FN4O3. The van der Waals surface area contributed by atoms with E-state index in [1.165, 1.54) is 12.1 Å². The highest BCUT2D eigenvalue weighted by atomic mass is 19.1. The highest BCUT2D eigenvalue weighted by molar-refractivity contribution is 5.94. The third-order valence-corrected chi connectivity index (χ3v) is 5.45. The van der Waals surface area contributed by atoms with Crippen molar-refractivity contribution in [1.82, 2.24) is 9.88 Å². The van der Waals surface area contributed by atoms with Crippen LogP contribution < -0.4 is 9.64 Å². The first-order valence-corrected chi connectivity index (χ1v) is 11.2. The number of oxazole rings is 1. The van der Waals surface area contributed by atoms with Crippen molar-refractivity contribution in [2.75, 3.05) is 37.7 Å². The summed E-state index contributed by atoms with van der Waals surface area (Å²) in [5.41, 5.74) is 1.60. The van der Waals surface area contributed by atoms with Gasteiger partial charge in [0.2, 0.25) is 17.5 Å². The molecule has 3 aromatic rings. The molecular weight excluding hydrogens is 435 g/mol. The third kappa shape index (κ3) is 5.44. The fourth-order valence-electron chi connectivity index (χ4n) is 3.64. The van der Waals surface area contributed by atoms with Crippen molar-refractivity contribution < 1.29 is 18.3 Å². The molecule has 7 nitrogen and oxygen atoms in total.